The van der Waals surface area contributed by atoms with Gasteiger partial charge in [-0.05, 0) is 37.5 Å². The highest BCUT2D eigenvalue weighted by Gasteiger charge is 2.21. The third-order valence-electron chi connectivity index (χ3n) is 4.03. The molecule has 0 heterocycles. The molecule has 3 heteroatoms. The predicted octanol–water partition coefficient (Wildman–Crippen LogP) is 3.04. The van der Waals surface area contributed by atoms with Crippen LogP contribution >= 0.6 is 0 Å². The minimum Gasteiger partial charge on any atom is -0.497 e. The lowest BCUT2D eigenvalue weighted by Gasteiger charge is -2.29. The summed E-state index contributed by atoms with van der Waals surface area (Å²) in [6, 6.07) is 8.30. The maximum absolute atomic E-state index is 10.4. The summed E-state index contributed by atoms with van der Waals surface area (Å²) in [6.45, 7) is 2.06. The Bertz CT molecular complexity index is 371. The summed E-state index contributed by atoms with van der Waals surface area (Å²) in [7, 11) is 1.65. The lowest BCUT2D eigenvalue weighted by molar-refractivity contribution is 0.125. The molecule has 0 radical (unpaired) electrons. The molecule has 0 spiro atoms. The molecular weight excluding hydrogens is 238 g/mol. The van der Waals surface area contributed by atoms with Crippen LogP contribution < -0.4 is 10.1 Å². The van der Waals surface area contributed by atoms with Crippen LogP contribution in [0.1, 0.15) is 50.7 Å². The van der Waals surface area contributed by atoms with E-state index < -0.39 is 6.10 Å². The number of hydrogen-bond acceptors (Lipinski definition) is 3. The van der Waals surface area contributed by atoms with E-state index in [1.54, 1.807) is 7.11 Å². The standard InChI is InChI=1S/C16H25NO2/c1-12(17-14-6-4-3-5-7-14)16(18)13-8-10-15(19-2)11-9-13/h8-12,14,16-18H,3-7H2,1-2H3. The first-order chi connectivity index (χ1) is 9.20. The number of rotatable bonds is 5. The van der Waals surface area contributed by atoms with E-state index in [1.807, 2.05) is 24.3 Å². The Balaban J connectivity index is 1.91. The second-order valence-electron chi connectivity index (χ2n) is 5.51. The molecule has 2 atom stereocenters. The Morgan fingerprint density at radius 3 is 2.37 bits per heavy atom. The molecule has 2 rings (SSSR count). The summed E-state index contributed by atoms with van der Waals surface area (Å²) in [5.41, 5.74) is 0.941. The number of ether oxygens (including phenoxy) is 1. The van der Waals surface area contributed by atoms with Gasteiger partial charge < -0.3 is 15.2 Å². The molecule has 106 valence electrons. The Kier molecular flexibility index (Phi) is 5.23. The van der Waals surface area contributed by atoms with Crippen LogP contribution in [-0.2, 0) is 0 Å². The van der Waals surface area contributed by atoms with Gasteiger partial charge in [0.25, 0.3) is 0 Å². The lowest BCUT2D eigenvalue weighted by atomic mass is 9.94. The molecule has 0 saturated heterocycles. The fraction of sp³-hybridized carbons (Fsp3) is 0.625. The van der Waals surface area contributed by atoms with E-state index in [9.17, 15) is 5.11 Å². The SMILES string of the molecule is COc1ccc(C(O)C(C)NC2CCCCC2)cc1. The first-order valence-corrected chi connectivity index (χ1v) is 7.29. The molecule has 3 nitrogen and oxygen atoms in total. The van der Waals surface area contributed by atoms with E-state index in [0.29, 0.717) is 6.04 Å². The first-order valence-electron chi connectivity index (χ1n) is 7.29. The molecule has 1 fully saturated rings. The molecule has 1 saturated carbocycles. The van der Waals surface area contributed by atoms with E-state index in [1.165, 1.54) is 32.1 Å². The third kappa shape index (κ3) is 3.95. The van der Waals surface area contributed by atoms with Crippen LogP contribution in [0.4, 0.5) is 0 Å². The molecule has 0 amide bonds. The average molecular weight is 263 g/mol. The van der Waals surface area contributed by atoms with Crippen LogP contribution in [0.5, 0.6) is 5.75 Å². The number of benzene rings is 1. The largest absolute Gasteiger partial charge is 0.497 e. The molecule has 19 heavy (non-hydrogen) atoms. The second kappa shape index (κ2) is 6.92. The van der Waals surface area contributed by atoms with Crippen molar-refractivity contribution in [2.75, 3.05) is 7.11 Å². The van der Waals surface area contributed by atoms with Crippen LogP contribution in [0, 0.1) is 0 Å². The smallest absolute Gasteiger partial charge is 0.118 e. The summed E-state index contributed by atoms with van der Waals surface area (Å²) in [6.07, 6.45) is 5.98. The molecule has 1 aliphatic carbocycles. The van der Waals surface area contributed by atoms with Crippen LogP contribution in [0.3, 0.4) is 0 Å². The van der Waals surface area contributed by atoms with E-state index in [2.05, 4.69) is 12.2 Å². The normalized spacial score (nSPS) is 19.9. The van der Waals surface area contributed by atoms with E-state index in [-0.39, 0.29) is 6.04 Å². The first kappa shape index (κ1) is 14.4. The van der Waals surface area contributed by atoms with Crippen molar-refractivity contribution in [2.24, 2.45) is 0 Å². The van der Waals surface area contributed by atoms with Gasteiger partial charge in [-0.2, -0.15) is 0 Å². The molecule has 2 unspecified atom stereocenters. The summed E-state index contributed by atoms with van der Waals surface area (Å²) in [5.74, 6) is 0.823. The monoisotopic (exact) mass is 263 g/mol. The van der Waals surface area contributed by atoms with Crippen molar-refractivity contribution in [3.8, 4) is 5.75 Å². The zero-order valence-corrected chi connectivity index (χ0v) is 11.9. The van der Waals surface area contributed by atoms with Gasteiger partial charge in [0.2, 0.25) is 0 Å². The highest BCUT2D eigenvalue weighted by atomic mass is 16.5. The van der Waals surface area contributed by atoms with Gasteiger partial charge in [-0.25, -0.2) is 0 Å². The molecule has 0 bridgehead atoms. The maximum atomic E-state index is 10.4. The van der Waals surface area contributed by atoms with Gasteiger partial charge in [0.1, 0.15) is 5.75 Å². The summed E-state index contributed by atoms with van der Waals surface area (Å²) >= 11 is 0. The topological polar surface area (TPSA) is 41.5 Å². The van der Waals surface area contributed by atoms with Crippen LogP contribution in [0.2, 0.25) is 0 Å². The average Bonchev–Trinajstić information content (AvgIpc) is 2.47. The molecule has 0 aliphatic heterocycles. The molecule has 1 aromatic carbocycles. The van der Waals surface area contributed by atoms with E-state index in [0.717, 1.165) is 11.3 Å². The quantitative estimate of drug-likeness (QED) is 0.858. The molecule has 2 N–H and O–H groups in total. The Morgan fingerprint density at radius 1 is 1.16 bits per heavy atom. The minimum atomic E-state index is -0.465. The Hall–Kier alpha value is -1.06. The third-order valence-corrected chi connectivity index (χ3v) is 4.03. The van der Waals surface area contributed by atoms with Crippen molar-refractivity contribution < 1.29 is 9.84 Å². The van der Waals surface area contributed by atoms with Gasteiger partial charge in [0.15, 0.2) is 0 Å². The summed E-state index contributed by atoms with van der Waals surface area (Å²) < 4.78 is 5.13. The predicted molar refractivity (Wildman–Crippen MR) is 77.4 cm³/mol. The van der Waals surface area contributed by atoms with Crippen LogP contribution in [0.15, 0.2) is 24.3 Å². The minimum absolute atomic E-state index is 0.0801. The molecule has 1 aromatic rings. The van der Waals surface area contributed by atoms with Crippen molar-refractivity contribution >= 4 is 0 Å². The van der Waals surface area contributed by atoms with Crippen molar-refractivity contribution in [3.63, 3.8) is 0 Å². The molecule has 1 aliphatic rings. The Labute approximate surface area is 116 Å². The number of nitrogens with one attached hydrogen (secondary N) is 1. The molecule has 0 aromatic heterocycles. The second-order valence-corrected chi connectivity index (χ2v) is 5.51. The lowest BCUT2D eigenvalue weighted by Crippen LogP contribution is -2.41. The fourth-order valence-corrected chi connectivity index (χ4v) is 2.82. The highest BCUT2D eigenvalue weighted by Crippen LogP contribution is 2.23. The maximum Gasteiger partial charge on any atom is 0.118 e. The number of methoxy groups -OCH3 is 1. The van der Waals surface area contributed by atoms with Crippen molar-refractivity contribution in [2.45, 2.75) is 57.2 Å². The van der Waals surface area contributed by atoms with Gasteiger partial charge in [0.05, 0.1) is 13.2 Å². The summed E-state index contributed by atoms with van der Waals surface area (Å²) in [4.78, 5) is 0. The Morgan fingerprint density at radius 2 is 1.79 bits per heavy atom. The van der Waals surface area contributed by atoms with Crippen molar-refractivity contribution in [1.82, 2.24) is 5.32 Å². The van der Waals surface area contributed by atoms with Gasteiger partial charge in [-0.1, -0.05) is 31.4 Å². The number of aliphatic hydroxyl groups excluding tert-OH is 1. The van der Waals surface area contributed by atoms with Crippen molar-refractivity contribution in [1.29, 1.82) is 0 Å². The van der Waals surface area contributed by atoms with Gasteiger partial charge in [-0.15, -0.1) is 0 Å². The van der Waals surface area contributed by atoms with Crippen LogP contribution in [-0.4, -0.2) is 24.3 Å². The van der Waals surface area contributed by atoms with Crippen LogP contribution in [0.25, 0.3) is 0 Å². The van der Waals surface area contributed by atoms with Gasteiger partial charge in [0, 0.05) is 12.1 Å². The highest BCUT2D eigenvalue weighted by molar-refractivity contribution is 5.29. The zero-order chi connectivity index (χ0) is 13.7. The van der Waals surface area contributed by atoms with Gasteiger partial charge >= 0.3 is 0 Å². The fourth-order valence-electron chi connectivity index (χ4n) is 2.82. The van der Waals surface area contributed by atoms with E-state index in [4.69, 9.17) is 4.74 Å². The molecular formula is C16H25NO2. The van der Waals surface area contributed by atoms with Gasteiger partial charge in [-0.3, -0.25) is 0 Å². The number of aliphatic hydroxyl groups is 1. The van der Waals surface area contributed by atoms with E-state index >= 15 is 0 Å². The summed E-state index contributed by atoms with van der Waals surface area (Å²) in [5, 5.41) is 13.9. The van der Waals surface area contributed by atoms with Crippen molar-refractivity contribution in [3.05, 3.63) is 29.8 Å². The number of hydrogen-bond donors (Lipinski definition) is 2. The zero-order valence-electron chi connectivity index (χ0n) is 11.9.